The molecule has 5 heteroatoms. The van der Waals surface area contributed by atoms with Gasteiger partial charge in [0.25, 0.3) is 0 Å². The zero-order valence-electron chi connectivity index (χ0n) is 14.0. The van der Waals surface area contributed by atoms with E-state index >= 15 is 0 Å². The van der Waals surface area contributed by atoms with Crippen molar-refractivity contribution < 1.29 is 14.3 Å². The van der Waals surface area contributed by atoms with Gasteiger partial charge in [-0.1, -0.05) is 30.3 Å². The molecule has 3 rings (SSSR count). The molecule has 0 aliphatic carbocycles. The second-order valence-corrected chi connectivity index (χ2v) is 7.06. The summed E-state index contributed by atoms with van der Waals surface area (Å²) in [6.07, 6.45) is 1.67. The van der Waals surface area contributed by atoms with E-state index in [0.29, 0.717) is 38.2 Å². The molecule has 0 N–H and O–H groups in total. The van der Waals surface area contributed by atoms with E-state index in [1.54, 1.807) is 11.8 Å². The standard InChI is InChI=1S/C20H21NO3S/c22-19-7-4-8-20(23)21(19)13-14-25-18-11-9-17(10-12-18)24-15-16-5-2-1-3-6-16/h1-3,5-6,9-12H,4,7-8,13-15H2. The van der Waals surface area contributed by atoms with Gasteiger partial charge in [0.15, 0.2) is 0 Å². The molecule has 0 radical (unpaired) electrons. The van der Waals surface area contributed by atoms with Crippen LogP contribution in [0.2, 0.25) is 0 Å². The van der Waals surface area contributed by atoms with Crippen LogP contribution in [0.4, 0.5) is 0 Å². The van der Waals surface area contributed by atoms with Crippen LogP contribution in [0.15, 0.2) is 59.5 Å². The average molecular weight is 355 g/mol. The molecule has 1 aliphatic rings. The number of rotatable bonds is 7. The van der Waals surface area contributed by atoms with Gasteiger partial charge in [-0.05, 0) is 36.2 Å². The van der Waals surface area contributed by atoms with E-state index in [-0.39, 0.29) is 11.8 Å². The highest BCUT2D eigenvalue weighted by atomic mass is 32.2. The Morgan fingerprint density at radius 3 is 2.28 bits per heavy atom. The monoisotopic (exact) mass is 355 g/mol. The van der Waals surface area contributed by atoms with Crippen molar-refractivity contribution in [3.63, 3.8) is 0 Å². The molecule has 2 aromatic carbocycles. The SMILES string of the molecule is O=C1CCCC(=O)N1CCSc1ccc(OCc2ccccc2)cc1. The Hall–Kier alpha value is -2.27. The van der Waals surface area contributed by atoms with Crippen LogP contribution in [0.1, 0.15) is 24.8 Å². The van der Waals surface area contributed by atoms with Crippen LogP contribution in [0.3, 0.4) is 0 Å². The minimum absolute atomic E-state index is 0.0403. The molecule has 0 spiro atoms. The van der Waals surface area contributed by atoms with Gasteiger partial charge in [0.2, 0.25) is 11.8 Å². The van der Waals surface area contributed by atoms with Gasteiger partial charge in [-0.25, -0.2) is 0 Å². The molecule has 2 amide bonds. The molecule has 1 fully saturated rings. The number of ether oxygens (including phenoxy) is 1. The van der Waals surface area contributed by atoms with Crippen LogP contribution >= 0.6 is 11.8 Å². The third kappa shape index (κ3) is 5.10. The van der Waals surface area contributed by atoms with Gasteiger partial charge >= 0.3 is 0 Å². The number of likely N-dealkylation sites (tertiary alicyclic amines) is 1. The normalized spacial score (nSPS) is 14.6. The Bertz CT molecular complexity index is 699. The Morgan fingerprint density at radius 2 is 1.60 bits per heavy atom. The maximum absolute atomic E-state index is 11.8. The minimum atomic E-state index is -0.0403. The maximum Gasteiger partial charge on any atom is 0.229 e. The third-order valence-corrected chi connectivity index (χ3v) is 5.03. The molecule has 1 aliphatic heterocycles. The van der Waals surface area contributed by atoms with E-state index in [0.717, 1.165) is 16.2 Å². The first-order valence-corrected chi connectivity index (χ1v) is 9.44. The number of amides is 2. The number of benzene rings is 2. The first-order valence-electron chi connectivity index (χ1n) is 8.45. The number of thioether (sulfide) groups is 1. The van der Waals surface area contributed by atoms with E-state index in [1.165, 1.54) is 4.90 Å². The smallest absolute Gasteiger partial charge is 0.229 e. The van der Waals surface area contributed by atoms with Crippen molar-refractivity contribution in [2.24, 2.45) is 0 Å². The van der Waals surface area contributed by atoms with Crippen LogP contribution in [-0.2, 0) is 16.2 Å². The van der Waals surface area contributed by atoms with Crippen LogP contribution < -0.4 is 4.74 Å². The molecule has 2 aromatic rings. The number of nitrogens with zero attached hydrogens (tertiary/aromatic N) is 1. The predicted molar refractivity (Wildman–Crippen MR) is 98.5 cm³/mol. The summed E-state index contributed by atoms with van der Waals surface area (Å²) in [6.45, 7) is 1.03. The number of hydrogen-bond donors (Lipinski definition) is 0. The lowest BCUT2D eigenvalue weighted by molar-refractivity contribution is -0.147. The van der Waals surface area contributed by atoms with E-state index in [9.17, 15) is 9.59 Å². The van der Waals surface area contributed by atoms with Gasteiger partial charge < -0.3 is 4.74 Å². The first-order chi connectivity index (χ1) is 12.2. The van der Waals surface area contributed by atoms with Gasteiger partial charge in [0.05, 0.1) is 0 Å². The predicted octanol–water partition coefficient (Wildman–Crippen LogP) is 3.90. The summed E-state index contributed by atoms with van der Waals surface area (Å²) in [6, 6.07) is 18.0. The van der Waals surface area contributed by atoms with Crippen LogP contribution in [-0.4, -0.2) is 29.0 Å². The molecule has 0 saturated carbocycles. The lowest BCUT2D eigenvalue weighted by Crippen LogP contribution is -2.41. The van der Waals surface area contributed by atoms with Crippen molar-refractivity contribution in [1.29, 1.82) is 0 Å². The summed E-state index contributed by atoms with van der Waals surface area (Å²) in [4.78, 5) is 26.0. The highest BCUT2D eigenvalue weighted by Crippen LogP contribution is 2.23. The minimum Gasteiger partial charge on any atom is -0.489 e. The number of hydrogen-bond acceptors (Lipinski definition) is 4. The number of piperidine rings is 1. The van der Waals surface area contributed by atoms with Crippen LogP contribution in [0.5, 0.6) is 5.75 Å². The number of carbonyl (C=O) groups is 2. The summed E-state index contributed by atoms with van der Waals surface area (Å²) in [5.74, 6) is 1.46. The number of carbonyl (C=O) groups excluding carboxylic acids is 2. The maximum atomic E-state index is 11.8. The van der Waals surface area contributed by atoms with Crippen molar-refractivity contribution in [2.45, 2.75) is 30.8 Å². The van der Waals surface area contributed by atoms with Crippen molar-refractivity contribution in [1.82, 2.24) is 4.90 Å². The molecule has 1 saturated heterocycles. The lowest BCUT2D eigenvalue weighted by Gasteiger charge is -2.24. The number of imide groups is 1. The quantitative estimate of drug-likeness (QED) is 0.558. The van der Waals surface area contributed by atoms with Gasteiger partial charge in [-0.15, -0.1) is 11.8 Å². The molecular formula is C20H21NO3S. The molecule has 4 nitrogen and oxygen atoms in total. The van der Waals surface area contributed by atoms with Crippen LogP contribution in [0, 0.1) is 0 Å². The summed E-state index contributed by atoms with van der Waals surface area (Å²) in [5.41, 5.74) is 1.14. The molecule has 25 heavy (non-hydrogen) atoms. The van der Waals surface area contributed by atoms with Crippen molar-refractivity contribution in [3.8, 4) is 5.75 Å². The van der Waals surface area contributed by atoms with E-state index in [4.69, 9.17) is 4.74 Å². The van der Waals surface area contributed by atoms with Crippen molar-refractivity contribution >= 4 is 23.6 Å². The van der Waals surface area contributed by atoms with Gasteiger partial charge in [0, 0.05) is 30.0 Å². The second kappa shape index (κ2) is 8.72. The topological polar surface area (TPSA) is 46.6 Å². The summed E-state index contributed by atoms with van der Waals surface area (Å²) >= 11 is 1.64. The van der Waals surface area contributed by atoms with Gasteiger partial charge in [-0.3, -0.25) is 14.5 Å². The van der Waals surface area contributed by atoms with Gasteiger partial charge in [-0.2, -0.15) is 0 Å². The summed E-state index contributed by atoms with van der Waals surface area (Å²) < 4.78 is 5.77. The molecule has 1 heterocycles. The molecule has 0 atom stereocenters. The fourth-order valence-electron chi connectivity index (χ4n) is 2.68. The Balaban J connectivity index is 1.44. The third-order valence-electron chi connectivity index (χ3n) is 4.04. The fraction of sp³-hybridized carbons (Fsp3) is 0.300. The Kier molecular flexibility index (Phi) is 6.12. The zero-order chi connectivity index (χ0) is 17.5. The van der Waals surface area contributed by atoms with Crippen molar-refractivity contribution in [2.75, 3.05) is 12.3 Å². The second-order valence-electron chi connectivity index (χ2n) is 5.89. The molecule has 0 unspecified atom stereocenters. The summed E-state index contributed by atoms with van der Waals surface area (Å²) in [7, 11) is 0. The van der Waals surface area contributed by atoms with E-state index < -0.39 is 0 Å². The average Bonchev–Trinajstić information content (AvgIpc) is 2.64. The van der Waals surface area contributed by atoms with Gasteiger partial charge in [0.1, 0.15) is 12.4 Å². The molecule has 0 bridgehead atoms. The molecular weight excluding hydrogens is 334 g/mol. The lowest BCUT2D eigenvalue weighted by atomic mass is 10.1. The Morgan fingerprint density at radius 1 is 0.920 bits per heavy atom. The largest absolute Gasteiger partial charge is 0.489 e. The molecule has 130 valence electrons. The van der Waals surface area contributed by atoms with Crippen LogP contribution in [0.25, 0.3) is 0 Å². The van der Waals surface area contributed by atoms with E-state index in [2.05, 4.69) is 0 Å². The summed E-state index contributed by atoms with van der Waals surface area (Å²) in [5, 5.41) is 0. The molecule has 0 aromatic heterocycles. The zero-order valence-corrected chi connectivity index (χ0v) is 14.8. The van der Waals surface area contributed by atoms with E-state index in [1.807, 2.05) is 54.6 Å². The Labute approximate surface area is 152 Å². The highest BCUT2D eigenvalue weighted by molar-refractivity contribution is 7.99. The first kappa shape index (κ1) is 17.5. The van der Waals surface area contributed by atoms with Crippen molar-refractivity contribution in [3.05, 3.63) is 60.2 Å². The fourth-order valence-corrected chi connectivity index (χ4v) is 3.52. The highest BCUT2D eigenvalue weighted by Gasteiger charge is 2.25.